The Morgan fingerprint density at radius 2 is 2.07 bits per heavy atom. The van der Waals surface area contributed by atoms with Crippen molar-refractivity contribution in [1.82, 2.24) is 9.78 Å². The van der Waals surface area contributed by atoms with Crippen molar-refractivity contribution in [3.8, 4) is 0 Å². The molecule has 1 heterocycles. The van der Waals surface area contributed by atoms with Crippen LogP contribution >= 0.6 is 0 Å². The van der Waals surface area contributed by atoms with E-state index in [0.29, 0.717) is 5.69 Å². The maximum atomic E-state index is 12.3. The molecule has 0 radical (unpaired) electrons. The summed E-state index contributed by atoms with van der Waals surface area (Å²) in [5.41, 5.74) is 4.54. The lowest BCUT2D eigenvalue weighted by Crippen LogP contribution is -2.12. The van der Waals surface area contributed by atoms with Crippen molar-refractivity contribution in [2.45, 2.75) is 19.1 Å². The number of rotatable bonds is 4. The Balaban J connectivity index is 2.98. The molecule has 0 aliphatic carbocycles. The third-order valence-corrected chi connectivity index (χ3v) is 1.85. The van der Waals surface area contributed by atoms with Crippen LogP contribution in [0.4, 0.5) is 17.6 Å². The number of hydrogen-bond donors (Lipinski definition) is 1. The molecule has 15 heavy (non-hydrogen) atoms. The van der Waals surface area contributed by atoms with Crippen molar-refractivity contribution >= 4 is 0 Å². The zero-order valence-electron chi connectivity index (χ0n) is 7.89. The summed E-state index contributed by atoms with van der Waals surface area (Å²) in [4.78, 5) is 0. The monoisotopic (exact) mass is 225 g/mol. The Kier molecular flexibility index (Phi) is 3.67. The lowest BCUT2D eigenvalue weighted by molar-refractivity contribution is -0.141. The van der Waals surface area contributed by atoms with Crippen LogP contribution in [0.5, 0.6) is 0 Å². The fourth-order valence-corrected chi connectivity index (χ4v) is 1.22. The first-order chi connectivity index (χ1) is 6.99. The van der Waals surface area contributed by atoms with Crippen LogP contribution in [0.1, 0.15) is 11.4 Å². The number of aromatic nitrogens is 2. The highest BCUT2D eigenvalue weighted by molar-refractivity contribution is 5.13. The average Bonchev–Trinajstić information content (AvgIpc) is 2.50. The van der Waals surface area contributed by atoms with Crippen LogP contribution < -0.4 is 5.73 Å². The second kappa shape index (κ2) is 4.61. The zero-order chi connectivity index (χ0) is 11.5. The molecule has 0 saturated carbocycles. The van der Waals surface area contributed by atoms with Crippen LogP contribution in [-0.2, 0) is 19.1 Å². The molecule has 1 rings (SSSR count). The van der Waals surface area contributed by atoms with E-state index in [1.54, 1.807) is 0 Å². The van der Waals surface area contributed by atoms with E-state index in [0.717, 1.165) is 10.7 Å². The molecular weight excluding hydrogens is 214 g/mol. The van der Waals surface area contributed by atoms with Crippen LogP contribution in [-0.4, -0.2) is 23.0 Å². The normalized spacial score (nSPS) is 12.1. The van der Waals surface area contributed by atoms with Crippen molar-refractivity contribution in [3.63, 3.8) is 0 Å². The minimum absolute atomic E-state index is 0.175. The summed E-state index contributed by atoms with van der Waals surface area (Å²) >= 11 is 0. The quantitative estimate of drug-likeness (QED) is 0.786. The summed E-state index contributed by atoms with van der Waals surface area (Å²) in [6, 6.07) is 0.905. The van der Waals surface area contributed by atoms with Gasteiger partial charge in [-0.2, -0.15) is 18.3 Å². The first-order valence-corrected chi connectivity index (χ1v) is 4.39. The molecule has 0 aliphatic rings. The Morgan fingerprint density at radius 1 is 1.40 bits per heavy atom. The molecule has 0 spiro atoms. The maximum Gasteiger partial charge on any atom is 0.435 e. The Morgan fingerprint density at radius 3 is 2.53 bits per heavy atom. The van der Waals surface area contributed by atoms with Crippen molar-refractivity contribution in [1.29, 1.82) is 0 Å². The summed E-state index contributed by atoms with van der Waals surface area (Å²) < 4.78 is 49.8. The third kappa shape index (κ3) is 2.92. The number of nitrogens with two attached hydrogens (primary N) is 1. The molecule has 0 unspecified atom stereocenters. The molecule has 0 atom stereocenters. The molecule has 0 bridgehead atoms. The second-order valence-electron chi connectivity index (χ2n) is 2.97. The van der Waals surface area contributed by atoms with E-state index in [1.807, 2.05) is 0 Å². The van der Waals surface area contributed by atoms with Crippen LogP contribution in [0.15, 0.2) is 6.07 Å². The number of halogens is 4. The minimum atomic E-state index is -4.50. The predicted octanol–water partition coefficient (Wildman–Crippen LogP) is 1.37. The van der Waals surface area contributed by atoms with Crippen LogP contribution in [0.25, 0.3) is 0 Å². The Bertz CT molecular complexity index is 295. The Hall–Kier alpha value is -1.11. The van der Waals surface area contributed by atoms with Gasteiger partial charge in [-0.15, -0.1) is 0 Å². The number of hydrogen-bond acceptors (Lipinski definition) is 2. The summed E-state index contributed by atoms with van der Waals surface area (Å²) in [7, 11) is 0. The molecule has 7 heteroatoms. The summed E-state index contributed by atoms with van der Waals surface area (Å²) in [5.74, 6) is 0. The van der Waals surface area contributed by atoms with Crippen molar-refractivity contribution in [3.05, 3.63) is 17.5 Å². The van der Waals surface area contributed by atoms with Crippen LogP contribution in [0.2, 0.25) is 0 Å². The van der Waals surface area contributed by atoms with Gasteiger partial charge in [-0.25, -0.2) is 4.39 Å². The van der Waals surface area contributed by atoms with Gasteiger partial charge in [-0.05, 0) is 12.6 Å². The highest BCUT2D eigenvalue weighted by Crippen LogP contribution is 2.28. The molecule has 0 saturated heterocycles. The van der Waals surface area contributed by atoms with Crippen molar-refractivity contribution in [2.75, 3.05) is 13.2 Å². The average molecular weight is 225 g/mol. The predicted molar refractivity (Wildman–Crippen MR) is 46.0 cm³/mol. The molecule has 0 aliphatic heterocycles. The fourth-order valence-electron chi connectivity index (χ4n) is 1.22. The molecule has 2 N–H and O–H groups in total. The van der Waals surface area contributed by atoms with Gasteiger partial charge in [0.25, 0.3) is 0 Å². The van der Waals surface area contributed by atoms with Crippen molar-refractivity contribution in [2.24, 2.45) is 5.73 Å². The van der Waals surface area contributed by atoms with Gasteiger partial charge >= 0.3 is 6.18 Å². The van der Waals surface area contributed by atoms with Gasteiger partial charge in [-0.1, -0.05) is 0 Å². The molecule has 86 valence electrons. The van der Waals surface area contributed by atoms with E-state index < -0.39 is 18.5 Å². The zero-order valence-corrected chi connectivity index (χ0v) is 7.89. The van der Waals surface area contributed by atoms with Crippen LogP contribution in [0.3, 0.4) is 0 Å². The molecule has 0 amide bonds. The fraction of sp³-hybridized carbons (Fsp3) is 0.625. The topological polar surface area (TPSA) is 43.8 Å². The van der Waals surface area contributed by atoms with Gasteiger partial charge in [0.15, 0.2) is 5.69 Å². The first kappa shape index (κ1) is 12.0. The van der Waals surface area contributed by atoms with E-state index >= 15 is 0 Å². The van der Waals surface area contributed by atoms with Gasteiger partial charge < -0.3 is 5.73 Å². The summed E-state index contributed by atoms with van der Waals surface area (Å²) in [5, 5.41) is 3.29. The van der Waals surface area contributed by atoms with E-state index in [4.69, 9.17) is 5.73 Å². The molecule has 3 nitrogen and oxygen atoms in total. The second-order valence-corrected chi connectivity index (χ2v) is 2.97. The van der Waals surface area contributed by atoms with E-state index in [1.165, 1.54) is 0 Å². The van der Waals surface area contributed by atoms with Crippen molar-refractivity contribution < 1.29 is 17.6 Å². The van der Waals surface area contributed by atoms with Gasteiger partial charge in [-0.3, -0.25) is 4.68 Å². The molecule has 0 fully saturated rings. The highest BCUT2D eigenvalue weighted by Gasteiger charge is 2.34. The number of alkyl halides is 4. The SMILES string of the molecule is NCCc1cc(C(F)(F)F)nn1CCF. The first-order valence-electron chi connectivity index (χ1n) is 4.39. The van der Waals surface area contributed by atoms with Gasteiger partial charge in [0.05, 0.1) is 6.54 Å². The number of nitrogens with zero attached hydrogens (tertiary/aromatic N) is 2. The number of aryl methyl sites for hydroxylation is 1. The molecule has 0 aromatic carbocycles. The maximum absolute atomic E-state index is 12.3. The van der Waals surface area contributed by atoms with Gasteiger partial charge in [0.1, 0.15) is 6.67 Å². The van der Waals surface area contributed by atoms with E-state index in [2.05, 4.69) is 5.10 Å². The Labute approximate surface area is 83.9 Å². The standard InChI is InChI=1S/C8H11F4N3/c9-2-4-15-6(1-3-13)5-7(14-15)8(10,11)12/h5H,1-4,13H2. The van der Waals surface area contributed by atoms with Crippen LogP contribution in [0, 0.1) is 0 Å². The van der Waals surface area contributed by atoms with Gasteiger partial charge in [0.2, 0.25) is 0 Å². The van der Waals surface area contributed by atoms with E-state index in [9.17, 15) is 17.6 Å². The summed E-state index contributed by atoms with van der Waals surface area (Å²) in [6.45, 7) is -0.725. The smallest absolute Gasteiger partial charge is 0.330 e. The van der Waals surface area contributed by atoms with E-state index in [-0.39, 0.29) is 19.5 Å². The third-order valence-electron chi connectivity index (χ3n) is 1.85. The molecule has 1 aromatic rings. The lowest BCUT2D eigenvalue weighted by atomic mass is 10.3. The lowest BCUT2D eigenvalue weighted by Gasteiger charge is -2.02. The van der Waals surface area contributed by atoms with Gasteiger partial charge in [0, 0.05) is 12.1 Å². The highest BCUT2D eigenvalue weighted by atomic mass is 19.4. The minimum Gasteiger partial charge on any atom is -0.330 e. The molecular formula is C8H11F4N3. The molecule has 1 aromatic heterocycles. The largest absolute Gasteiger partial charge is 0.435 e. The summed E-state index contributed by atoms with van der Waals surface area (Å²) in [6.07, 6.45) is -4.24.